The predicted molar refractivity (Wildman–Crippen MR) is 87.0 cm³/mol. The third-order valence-corrected chi connectivity index (χ3v) is 4.41. The fourth-order valence-electron chi connectivity index (χ4n) is 3.00. The predicted octanol–water partition coefficient (Wildman–Crippen LogP) is 4.22. The van der Waals surface area contributed by atoms with Gasteiger partial charge >= 0.3 is 0 Å². The van der Waals surface area contributed by atoms with Gasteiger partial charge in [0.15, 0.2) is 0 Å². The van der Waals surface area contributed by atoms with Gasteiger partial charge in [-0.05, 0) is 41.8 Å². The minimum atomic E-state index is -0.240. The Balaban J connectivity index is 1.71. The van der Waals surface area contributed by atoms with Gasteiger partial charge in [-0.3, -0.25) is 0 Å². The zero-order valence-corrected chi connectivity index (χ0v) is 12.9. The van der Waals surface area contributed by atoms with E-state index in [1.165, 1.54) is 18.5 Å². The molecule has 23 heavy (non-hydrogen) atoms. The van der Waals surface area contributed by atoms with Gasteiger partial charge in [0.1, 0.15) is 12.1 Å². The normalized spacial score (nSPS) is 19.9. The Bertz CT molecular complexity index is 813. The molecule has 0 saturated carbocycles. The van der Waals surface area contributed by atoms with Crippen LogP contribution in [0, 0.1) is 5.82 Å². The van der Waals surface area contributed by atoms with Crippen molar-refractivity contribution in [1.29, 1.82) is 0 Å². The summed E-state index contributed by atoms with van der Waals surface area (Å²) in [4.78, 5) is 4.28. The van der Waals surface area contributed by atoms with Gasteiger partial charge in [0.25, 0.3) is 0 Å². The van der Waals surface area contributed by atoms with Crippen LogP contribution in [0.2, 0.25) is 5.02 Å². The van der Waals surface area contributed by atoms with E-state index in [9.17, 15) is 4.39 Å². The Morgan fingerprint density at radius 2 is 1.74 bits per heavy atom. The van der Waals surface area contributed by atoms with Crippen molar-refractivity contribution in [1.82, 2.24) is 14.8 Å². The molecule has 0 spiro atoms. The fraction of sp³-hybridized carbons (Fsp3) is 0.176. The summed E-state index contributed by atoms with van der Waals surface area (Å²) in [5.41, 5.74) is 2.15. The van der Waals surface area contributed by atoms with E-state index in [1.807, 2.05) is 28.9 Å². The van der Waals surface area contributed by atoms with Crippen molar-refractivity contribution in [3.63, 3.8) is 0 Å². The molecule has 0 aliphatic carbocycles. The summed E-state index contributed by atoms with van der Waals surface area (Å²) in [6.45, 7) is 0. The third-order valence-electron chi connectivity index (χ3n) is 4.16. The lowest BCUT2D eigenvalue weighted by molar-refractivity contribution is 0.430. The van der Waals surface area contributed by atoms with Crippen LogP contribution < -0.4 is 5.32 Å². The fourth-order valence-corrected chi connectivity index (χ4v) is 3.12. The molecule has 3 aromatic rings. The second-order valence-corrected chi connectivity index (χ2v) is 6.02. The Labute approximate surface area is 137 Å². The lowest BCUT2D eigenvalue weighted by Crippen LogP contribution is -2.28. The Kier molecular flexibility index (Phi) is 3.50. The molecule has 2 unspecified atom stereocenters. The summed E-state index contributed by atoms with van der Waals surface area (Å²) in [6.07, 6.45) is 2.33. The SMILES string of the molecule is Fc1ccc(C2CC(c3ccc(Cl)cc3)Nc3ncnn32)cc1. The molecular weight excluding hydrogens is 315 g/mol. The number of nitrogens with one attached hydrogen (secondary N) is 1. The van der Waals surface area contributed by atoms with E-state index < -0.39 is 0 Å². The van der Waals surface area contributed by atoms with Crippen LogP contribution in [0.15, 0.2) is 54.9 Å². The summed E-state index contributed by atoms with van der Waals surface area (Å²) in [6, 6.07) is 14.4. The molecule has 4 rings (SSSR count). The van der Waals surface area contributed by atoms with Crippen molar-refractivity contribution in [3.05, 3.63) is 76.8 Å². The van der Waals surface area contributed by atoms with Gasteiger partial charge < -0.3 is 5.32 Å². The van der Waals surface area contributed by atoms with Crippen LogP contribution in [0.4, 0.5) is 10.3 Å². The maximum Gasteiger partial charge on any atom is 0.222 e. The van der Waals surface area contributed by atoms with Gasteiger partial charge in [-0.2, -0.15) is 10.1 Å². The highest BCUT2D eigenvalue weighted by Gasteiger charge is 2.29. The monoisotopic (exact) mass is 328 g/mol. The second-order valence-electron chi connectivity index (χ2n) is 5.58. The lowest BCUT2D eigenvalue weighted by Gasteiger charge is -2.31. The Morgan fingerprint density at radius 1 is 1.04 bits per heavy atom. The molecule has 0 radical (unpaired) electrons. The molecule has 4 nitrogen and oxygen atoms in total. The average Bonchev–Trinajstić information content (AvgIpc) is 3.04. The van der Waals surface area contributed by atoms with Crippen LogP contribution in [0.25, 0.3) is 0 Å². The lowest BCUT2D eigenvalue weighted by atomic mass is 9.93. The van der Waals surface area contributed by atoms with Crippen molar-refractivity contribution >= 4 is 17.5 Å². The van der Waals surface area contributed by atoms with Gasteiger partial charge in [-0.15, -0.1) is 0 Å². The molecule has 1 N–H and O–H groups in total. The number of aromatic nitrogens is 3. The zero-order chi connectivity index (χ0) is 15.8. The Morgan fingerprint density at radius 3 is 2.48 bits per heavy atom. The summed E-state index contributed by atoms with van der Waals surface area (Å²) in [5, 5.41) is 8.41. The molecule has 6 heteroatoms. The van der Waals surface area contributed by atoms with E-state index in [2.05, 4.69) is 15.4 Å². The first-order chi connectivity index (χ1) is 11.2. The van der Waals surface area contributed by atoms with Gasteiger partial charge in [-0.25, -0.2) is 9.07 Å². The first kappa shape index (κ1) is 14.2. The molecule has 0 bridgehead atoms. The summed E-state index contributed by atoms with van der Waals surface area (Å²) >= 11 is 5.97. The van der Waals surface area contributed by atoms with Gasteiger partial charge in [0.05, 0.1) is 12.1 Å². The van der Waals surface area contributed by atoms with Crippen LogP contribution in [-0.2, 0) is 0 Å². The highest BCUT2D eigenvalue weighted by molar-refractivity contribution is 6.30. The first-order valence-electron chi connectivity index (χ1n) is 7.38. The van der Waals surface area contributed by atoms with Crippen molar-refractivity contribution < 1.29 is 4.39 Å². The number of rotatable bonds is 2. The largest absolute Gasteiger partial charge is 0.348 e. The maximum absolute atomic E-state index is 13.2. The van der Waals surface area contributed by atoms with Crippen LogP contribution in [0.3, 0.4) is 0 Å². The highest BCUT2D eigenvalue weighted by atomic mass is 35.5. The number of halogens is 2. The first-order valence-corrected chi connectivity index (χ1v) is 7.75. The van der Waals surface area contributed by atoms with E-state index in [0.29, 0.717) is 11.0 Å². The second kappa shape index (κ2) is 5.66. The Hall–Kier alpha value is -2.40. The molecular formula is C17H14ClFN4. The van der Waals surface area contributed by atoms with E-state index in [-0.39, 0.29) is 17.9 Å². The molecule has 1 aliphatic heterocycles. The summed E-state index contributed by atoms with van der Waals surface area (Å²) < 4.78 is 15.1. The van der Waals surface area contributed by atoms with E-state index >= 15 is 0 Å². The van der Waals surface area contributed by atoms with E-state index in [0.717, 1.165) is 17.5 Å². The van der Waals surface area contributed by atoms with Crippen LogP contribution in [0.5, 0.6) is 0 Å². The van der Waals surface area contributed by atoms with Crippen LogP contribution >= 0.6 is 11.6 Å². The van der Waals surface area contributed by atoms with Crippen LogP contribution in [-0.4, -0.2) is 14.8 Å². The molecule has 0 fully saturated rings. The van der Waals surface area contributed by atoms with Gasteiger partial charge in [0, 0.05) is 5.02 Å². The van der Waals surface area contributed by atoms with E-state index in [1.54, 1.807) is 12.1 Å². The molecule has 116 valence electrons. The number of hydrogen-bond donors (Lipinski definition) is 1. The molecule has 0 saturated heterocycles. The molecule has 2 aromatic carbocycles. The summed E-state index contributed by atoms with van der Waals surface area (Å²) in [7, 11) is 0. The minimum absolute atomic E-state index is 0.00929. The smallest absolute Gasteiger partial charge is 0.222 e. The van der Waals surface area contributed by atoms with Crippen molar-refractivity contribution in [2.75, 3.05) is 5.32 Å². The molecule has 1 aromatic heterocycles. The van der Waals surface area contributed by atoms with Gasteiger partial charge in [0.2, 0.25) is 5.95 Å². The average molecular weight is 329 g/mol. The number of hydrogen-bond acceptors (Lipinski definition) is 3. The molecule has 1 aliphatic rings. The number of fused-ring (bicyclic) bond motifs is 1. The quantitative estimate of drug-likeness (QED) is 0.766. The topological polar surface area (TPSA) is 42.7 Å². The van der Waals surface area contributed by atoms with Crippen molar-refractivity contribution in [3.8, 4) is 0 Å². The van der Waals surface area contributed by atoms with E-state index in [4.69, 9.17) is 11.6 Å². The standard InChI is InChI=1S/C17H14ClFN4/c18-13-5-1-11(2-6-13)15-9-16(12-3-7-14(19)8-4-12)23-17(22-15)20-10-21-23/h1-8,10,15-16H,9H2,(H,20,21,22). The van der Waals surface area contributed by atoms with Gasteiger partial charge in [-0.1, -0.05) is 35.9 Å². The number of benzene rings is 2. The highest BCUT2D eigenvalue weighted by Crippen LogP contribution is 2.37. The number of anilines is 1. The number of nitrogens with zero attached hydrogens (tertiary/aromatic N) is 3. The molecule has 2 atom stereocenters. The minimum Gasteiger partial charge on any atom is -0.348 e. The van der Waals surface area contributed by atoms with Crippen LogP contribution in [0.1, 0.15) is 29.6 Å². The van der Waals surface area contributed by atoms with Crippen molar-refractivity contribution in [2.45, 2.75) is 18.5 Å². The molecule has 0 amide bonds. The third kappa shape index (κ3) is 2.68. The zero-order valence-electron chi connectivity index (χ0n) is 12.2. The van der Waals surface area contributed by atoms with Crippen molar-refractivity contribution in [2.24, 2.45) is 0 Å². The molecule has 2 heterocycles. The summed E-state index contributed by atoms with van der Waals surface area (Å²) in [5.74, 6) is 0.473. The maximum atomic E-state index is 13.2.